The van der Waals surface area contributed by atoms with E-state index in [1.165, 1.54) is 12.0 Å². The van der Waals surface area contributed by atoms with Crippen LogP contribution in [0.15, 0.2) is 0 Å². The van der Waals surface area contributed by atoms with Gasteiger partial charge in [0, 0.05) is 6.54 Å². The quantitative estimate of drug-likeness (QED) is 0.723. The number of carboxylic acids is 1. The summed E-state index contributed by atoms with van der Waals surface area (Å²) >= 11 is 0. The SMILES string of the molecule is COC(=O)N1CCC[C@@]1(C)C(=O)O.Cl. The van der Waals surface area contributed by atoms with E-state index in [1.807, 2.05) is 0 Å². The molecule has 14 heavy (non-hydrogen) atoms. The number of ether oxygens (including phenoxy) is 1. The highest BCUT2D eigenvalue weighted by Crippen LogP contribution is 2.29. The minimum atomic E-state index is -1.09. The molecule has 0 radical (unpaired) electrons. The minimum Gasteiger partial charge on any atom is -0.480 e. The molecule has 0 aromatic carbocycles. The lowest BCUT2D eigenvalue weighted by atomic mass is 10.00. The summed E-state index contributed by atoms with van der Waals surface area (Å²) in [6.07, 6.45) is 0.623. The highest BCUT2D eigenvalue weighted by Gasteiger charge is 2.46. The summed E-state index contributed by atoms with van der Waals surface area (Å²) in [4.78, 5) is 23.3. The Kier molecular flexibility index (Phi) is 4.19. The van der Waals surface area contributed by atoms with E-state index in [0.717, 1.165) is 0 Å². The zero-order valence-corrected chi connectivity index (χ0v) is 8.97. The number of aliphatic carboxylic acids is 1. The van der Waals surface area contributed by atoms with Gasteiger partial charge in [0.2, 0.25) is 0 Å². The summed E-state index contributed by atoms with van der Waals surface area (Å²) in [6, 6.07) is 0. The van der Waals surface area contributed by atoms with E-state index in [1.54, 1.807) is 6.92 Å². The van der Waals surface area contributed by atoms with Crippen molar-refractivity contribution in [1.82, 2.24) is 4.90 Å². The maximum atomic E-state index is 11.2. The van der Waals surface area contributed by atoms with Crippen LogP contribution < -0.4 is 0 Å². The van der Waals surface area contributed by atoms with Gasteiger partial charge in [-0.3, -0.25) is 4.90 Å². The van der Waals surface area contributed by atoms with Crippen molar-refractivity contribution in [1.29, 1.82) is 0 Å². The molecule has 1 saturated heterocycles. The molecule has 0 saturated carbocycles. The van der Waals surface area contributed by atoms with Gasteiger partial charge in [-0.25, -0.2) is 9.59 Å². The summed E-state index contributed by atoms with van der Waals surface area (Å²) in [5.41, 5.74) is -1.09. The molecule has 1 heterocycles. The largest absolute Gasteiger partial charge is 0.480 e. The molecule has 1 aliphatic heterocycles. The van der Waals surface area contributed by atoms with Crippen molar-refractivity contribution < 1.29 is 19.4 Å². The Morgan fingerprint density at radius 3 is 2.50 bits per heavy atom. The molecule has 1 rings (SSSR count). The molecule has 0 aromatic rings. The summed E-state index contributed by atoms with van der Waals surface area (Å²) < 4.78 is 4.50. The first-order chi connectivity index (χ1) is 6.02. The van der Waals surface area contributed by atoms with E-state index in [0.29, 0.717) is 19.4 Å². The zero-order chi connectivity index (χ0) is 10.1. The molecule has 5 nitrogen and oxygen atoms in total. The molecular weight excluding hydrogens is 210 g/mol. The van der Waals surface area contributed by atoms with Crippen LogP contribution in [-0.4, -0.2) is 41.3 Å². The average Bonchev–Trinajstić information content (AvgIpc) is 2.47. The highest BCUT2D eigenvalue weighted by atomic mass is 35.5. The smallest absolute Gasteiger partial charge is 0.410 e. The predicted molar refractivity (Wildman–Crippen MR) is 51.6 cm³/mol. The van der Waals surface area contributed by atoms with Crippen LogP contribution in [-0.2, 0) is 9.53 Å². The fourth-order valence-electron chi connectivity index (χ4n) is 1.59. The van der Waals surface area contributed by atoms with Gasteiger partial charge < -0.3 is 9.84 Å². The zero-order valence-electron chi connectivity index (χ0n) is 8.15. The number of carbonyl (C=O) groups is 2. The van der Waals surface area contributed by atoms with Crippen LogP contribution in [0.1, 0.15) is 19.8 Å². The van der Waals surface area contributed by atoms with Crippen molar-refractivity contribution >= 4 is 24.5 Å². The van der Waals surface area contributed by atoms with E-state index in [4.69, 9.17) is 5.11 Å². The molecule has 0 aromatic heterocycles. The number of rotatable bonds is 1. The van der Waals surface area contributed by atoms with Crippen molar-refractivity contribution in [2.75, 3.05) is 13.7 Å². The first kappa shape index (κ1) is 13.0. The van der Waals surface area contributed by atoms with E-state index < -0.39 is 17.6 Å². The number of nitrogens with zero attached hydrogens (tertiary/aromatic N) is 1. The lowest BCUT2D eigenvalue weighted by Gasteiger charge is -2.29. The Hall–Kier alpha value is -0.970. The molecule has 1 N–H and O–H groups in total. The van der Waals surface area contributed by atoms with Crippen LogP contribution in [0.2, 0.25) is 0 Å². The van der Waals surface area contributed by atoms with Gasteiger partial charge >= 0.3 is 12.1 Å². The Morgan fingerprint density at radius 1 is 1.50 bits per heavy atom. The molecular formula is C8H14ClNO4. The number of carbonyl (C=O) groups excluding carboxylic acids is 1. The monoisotopic (exact) mass is 223 g/mol. The summed E-state index contributed by atoms with van der Waals surface area (Å²) in [5, 5.41) is 8.94. The van der Waals surface area contributed by atoms with Gasteiger partial charge in [-0.05, 0) is 19.8 Å². The maximum absolute atomic E-state index is 11.2. The molecule has 1 atom stereocenters. The van der Waals surface area contributed by atoms with Gasteiger partial charge in [-0.2, -0.15) is 0 Å². The third kappa shape index (κ3) is 1.92. The maximum Gasteiger partial charge on any atom is 0.410 e. The second-order valence-electron chi connectivity index (χ2n) is 3.30. The van der Waals surface area contributed by atoms with E-state index in [-0.39, 0.29) is 12.4 Å². The van der Waals surface area contributed by atoms with Crippen molar-refractivity contribution in [3.63, 3.8) is 0 Å². The molecule has 0 aliphatic carbocycles. The fourth-order valence-corrected chi connectivity index (χ4v) is 1.59. The molecule has 0 spiro atoms. The first-order valence-corrected chi connectivity index (χ1v) is 4.11. The van der Waals surface area contributed by atoms with Crippen LogP contribution >= 0.6 is 12.4 Å². The van der Waals surface area contributed by atoms with Crippen molar-refractivity contribution in [3.05, 3.63) is 0 Å². The molecule has 1 fully saturated rings. The fraction of sp³-hybridized carbons (Fsp3) is 0.750. The van der Waals surface area contributed by atoms with E-state index in [9.17, 15) is 9.59 Å². The van der Waals surface area contributed by atoms with Gasteiger partial charge in [-0.1, -0.05) is 0 Å². The van der Waals surface area contributed by atoms with Crippen molar-refractivity contribution in [3.8, 4) is 0 Å². The van der Waals surface area contributed by atoms with Gasteiger partial charge in [0.05, 0.1) is 7.11 Å². The number of carboxylic acid groups (broad SMARTS) is 1. The first-order valence-electron chi connectivity index (χ1n) is 4.11. The third-order valence-electron chi connectivity index (χ3n) is 2.50. The topological polar surface area (TPSA) is 66.8 Å². The van der Waals surface area contributed by atoms with Gasteiger partial charge in [0.1, 0.15) is 5.54 Å². The standard InChI is InChI=1S/C8H13NO4.ClH/c1-8(6(10)11)4-3-5-9(8)7(12)13-2;/h3-5H2,1-2H3,(H,10,11);1H/t8-;/m0./s1. The molecule has 0 unspecified atom stereocenters. The molecule has 6 heteroatoms. The number of likely N-dealkylation sites (tertiary alicyclic amines) is 1. The second-order valence-corrected chi connectivity index (χ2v) is 3.30. The van der Waals surface area contributed by atoms with Crippen LogP contribution in [0.5, 0.6) is 0 Å². The number of hydrogen-bond acceptors (Lipinski definition) is 3. The number of hydrogen-bond donors (Lipinski definition) is 1. The van der Waals surface area contributed by atoms with Crippen LogP contribution in [0.3, 0.4) is 0 Å². The van der Waals surface area contributed by atoms with Crippen molar-refractivity contribution in [2.45, 2.75) is 25.3 Å². The number of amides is 1. The number of methoxy groups -OCH3 is 1. The van der Waals surface area contributed by atoms with Gasteiger partial charge in [0.25, 0.3) is 0 Å². The summed E-state index contributed by atoms with van der Waals surface area (Å²) in [7, 11) is 1.25. The van der Waals surface area contributed by atoms with Crippen LogP contribution in [0, 0.1) is 0 Å². The molecule has 1 aliphatic rings. The van der Waals surface area contributed by atoms with Crippen LogP contribution in [0.4, 0.5) is 4.79 Å². The third-order valence-corrected chi connectivity index (χ3v) is 2.50. The average molecular weight is 224 g/mol. The molecule has 1 amide bonds. The Labute approximate surface area is 88.4 Å². The van der Waals surface area contributed by atoms with Gasteiger partial charge in [-0.15, -0.1) is 12.4 Å². The highest BCUT2D eigenvalue weighted by molar-refractivity contribution is 5.85. The van der Waals surface area contributed by atoms with E-state index >= 15 is 0 Å². The normalized spacial score (nSPS) is 25.4. The molecule has 82 valence electrons. The van der Waals surface area contributed by atoms with Crippen molar-refractivity contribution in [2.24, 2.45) is 0 Å². The second kappa shape index (κ2) is 4.50. The Morgan fingerprint density at radius 2 is 2.07 bits per heavy atom. The Bertz CT molecular complexity index is 245. The lowest BCUT2D eigenvalue weighted by molar-refractivity contribution is -0.147. The minimum absolute atomic E-state index is 0. The molecule has 0 bridgehead atoms. The number of halogens is 1. The van der Waals surface area contributed by atoms with E-state index in [2.05, 4.69) is 4.74 Å². The van der Waals surface area contributed by atoms with Crippen LogP contribution in [0.25, 0.3) is 0 Å². The summed E-state index contributed by atoms with van der Waals surface area (Å²) in [6.45, 7) is 1.99. The van der Waals surface area contributed by atoms with Gasteiger partial charge in [0.15, 0.2) is 0 Å². The summed E-state index contributed by atoms with van der Waals surface area (Å²) in [5.74, 6) is -0.976. The Balaban J connectivity index is 0.00000169. The lowest BCUT2D eigenvalue weighted by Crippen LogP contribution is -2.50. The predicted octanol–water partition coefficient (Wildman–Crippen LogP) is 1.11.